The Morgan fingerprint density at radius 3 is 2.72 bits per heavy atom. The van der Waals surface area contributed by atoms with E-state index in [9.17, 15) is 0 Å². The lowest BCUT2D eigenvalue weighted by atomic mass is 10.1. The van der Waals surface area contributed by atoms with Crippen molar-refractivity contribution < 1.29 is 9.26 Å². The molecule has 2 N–H and O–H groups in total. The molecular formula is C13H25N3O2. The van der Waals surface area contributed by atoms with E-state index in [0.29, 0.717) is 18.3 Å². The maximum Gasteiger partial charge on any atom is 0.226 e. The van der Waals surface area contributed by atoms with Crippen LogP contribution in [0.3, 0.4) is 0 Å². The van der Waals surface area contributed by atoms with E-state index in [0.717, 1.165) is 12.8 Å². The molecule has 0 aliphatic rings. The van der Waals surface area contributed by atoms with Crippen LogP contribution >= 0.6 is 0 Å². The Bertz CT molecular complexity index is 348. The molecule has 1 heterocycles. The van der Waals surface area contributed by atoms with E-state index >= 15 is 0 Å². The van der Waals surface area contributed by atoms with Gasteiger partial charge >= 0.3 is 0 Å². The molecule has 1 aromatic heterocycles. The fraction of sp³-hybridized carbons (Fsp3) is 0.846. The number of aromatic nitrogens is 2. The van der Waals surface area contributed by atoms with Crippen molar-refractivity contribution in [2.75, 3.05) is 6.61 Å². The van der Waals surface area contributed by atoms with Gasteiger partial charge in [-0.15, -0.1) is 0 Å². The minimum atomic E-state index is -0.698. The molecule has 0 aromatic carbocycles. The van der Waals surface area contributed by atoms with Gasteiger partial charge in [-0.25, -0.2) is 0 Å². The Morgan fingerprint density at radius 2 is 2.11 bits per heavy atom. The van der Waals surface area contributed by atoms with Crippen molar-refractivity contribution >= 4 is 0 Å². The summed E-state index contributed by atoms with van der Waals surface area (Å²) in [4.78, 5) is 4.35. The van der Waals surface area contributed by atoms with E-state index < -0.39 is 5.54 Å². The van der Waals surface area contributed by atoms with Crippen LogP contribution in [0, 0.1) is 0 Å². The van der Waals surface area contributed by atoms with Crippen LogP contribution in [-0.2, 0) is 16.7 Å². The molecule has 1 aromatic rings. The first-order chi connectivity index (χ1) is 8.45. The molecule has 0 aliphatic heterocycles. The van der Waals surface area contributed by atoms with Crippen molar-refractivity contribution in [3.05, 3.63) is 11.7 Å². The average Bonchev–Trinajstić information content (AvgIpc) is 2.76. The van der Waals surface area contributed by atoms with E-state index in [2.05, 4.69) is 17.1 Å². The number of ether oxygens (including phenoxy) is 1. The van der Waals surface area contributed by atoms with E-state index in [4.69, 9.17) is 15.0 Å². The van der Waals surface area contributed by atoms with Crippen molar-refractivity contribution in [2.45, 2.75) is 65.0 Å². The molecule has 5 nitrogen and oxygen atoms in total. The van der Waals surface area contributed by atoms with Crippen LogP contribution in [0.1, 0.15) is 58.7 Å². The van der Waals surface area contributed by atoms with Gasteiger partial charge in [0.1, 0.15) is 5.54 Å². The molecule has 0 radical (unpaired) electrons. The first-order valence-electron chi connectivity index (χ1n) is 6.69. The van der Waals surface area contributed by atoms with Crippen molar-refractivity contribution in [3.8, 4) is 0 Å². The van der Waals surface area contributed by atoms with E-state index in [1.807, 2.05) is 20.8 Å². The highest BCUT2D eigenvalue weighted by Gasteiger charge is 2.28. The fourth-order valence-electron chi connectivity index (χ4n) is 1.52. The first-order valence-corrected chi connectivity index (χ1v) is 6.69. The zero-order valence-corrected chi connectivity index (χ0v) is 11.9. The number of hydrogen-bond donors (Lipinski definition) is 1. The Hall–Kier alpha value is -0.940. The Kier molecular flexibility index (Phi) is 5.75. The Balaban J connectivity index is 2.54. The van der Waals surface area contributed by atoms with Crippen LogP contribution in [0.5, 0.6) is 0 Å². The zero-order valence-electron chi connectivity index (χ0n) is 11.9. The predicted octanol–water partition coefficient (Wildman–Crippen LogP) is 2.40. The molecule has 0 amide bonds. The molecule has 5 heteroatoms. The molecule has 1 unspecified atom stereocenters. The maximum absolute atomic E-state index is 6.14. The summed E-state index contributed by atoms with van der Waals surface area (Å²) in [6.07, 6.45) is 4.39. The number of hydrogen-bond acceptors (Lipinski definition) is 5. The second-order valence-electron chi connectivity index (χ2n) is 5.25. The lowest BCUT2D eigenvalue weighted by molar-refractivity contribution is 0.0410. The van der Waals surface area contributed by atoms with Crippen LogP contribution < -0.4 is 5.73 Å². The third kappa shape index (κ3) is 4.74. The average molecular weight is 255 g/mol. The minimum absolute atomic E-state index is 0.142. The van der Waals surface area contributed by atoms with Gasteiger partial charge in [-0.05, 0) is 27.2 Å². The second-order valence-corrected chi connectivity index (χ2v) is 5.25. The predicted molar refractivity (Wildman–Crippen MR) is 70.2 cm³/mol. The van der Waals surface area contributed by atoms with Gasteiger partial charge in [0.05, 0.1) is 12.7 Å². The van der Waals surface area contributed by atoms with Gasteiger partial charge in [-0.3, -0.25) is 0 Å². The topological polar surface area (TPSA) is 74.2 Å². The summed E-state index contributed by atoms with van der Waals surface area (Å²) in [7, 11) is 0. The molecule has 18 heavy (non-hydrogen) atoms. The number of aryl methyl sites for hydroxylation is 1. The Labute approximate surface area is 109 Å². The van der Waals surface area contributed by atoms with Crippen molar-refractivity contribution in [1.82, 2.24) is 10.1 Å². The molecule has 0 fully saturated rings. The molecule has 0 aliphatic carbocycles. The molecule has 0 spiro atoms. The summed E-state index contributed by atoms with van der Waals surface area (Å²) >= 11 is 0. The zero-order chi connectivity index (χ0) is 13.6. The van der Waals surface area contributed by atoms with Gasteiger partial charge in [0.2, 0.25) is 5.89 Å². The van der Waals surface area contributed by atoms with Crippen LogP contribution in [0.4, 0.5) is 0 Å². The van der Waals surface area contributed by atoms with Crippen LogP contribution in [0.25, 0.3) is 0 Å². The molecule has 1 rings (SSSR count). The van der Waals surface area contributed by atoms with E-state index in [1.165, 1.54) is 12.8 Å². The van der Waals surface area contributed by atoms with Gasteiger partial charge in [-0.2, -0.15) is 4.98 Å². The summed E-state index contributed by atoms with van der Waals surface area (Å²) < 4.78 is 10.7. The molecule has 0 bridgehead atoms. The van der Waals surface area contributed by atoms with Crippen LogP contribution in [0.15, 0.2) is 4.52 Å². The number of rotatable bonds is 8. The van der Waals surface area contributed by atoms with Gasteiger partial charge < -0.3 is 15.0 Å². The summed E-state index contributed by atoms with van der Waals surface area (Å²) in [5.74, 6) is 1.19. The summed E-state index contributed by atoms with van der Waals surface area (Å²) in [5.41, 5.74) is 5.45. The molecule has 0 saturated carbocycles. The fourth-order valence-corrected chi connectivity index (χ4v) is 1.52. The smallest absolute Gasteiger partial charge is 0.226 e. The SMILES string of the molecule is CCCCCc1nc(C(C)(N)COC(C)C)no1. The molecule has 104 valence electrons. The lowest BCUT2D eigenvalue weighted by Gasteiger charge is -2.21. The monoisotopic (exact) mass is 255 g/mol. The first kappa shape index (κ1) is 15.1. The standard InChI is InChI=1S/C13H25N3O2/c1-5-6-7-8-11-15-12(16-18-11)13(4,14)9-17-10(2)3/h10H,5-9,14H2,1-4H3. The van der Waals surface area contributed by atoms with Gasteiger partial charge in [0.15, 0.2) is 5.82 Å². The van der Waals surface area contributed by atoms with Gasteiger partial charge in [0.25, 0.3) is 0 Å². The van der Waals surface area contributed by atoms with E-state index in [-0.39, 0.29) is 6.10 Å². The van der Waals surface area contributed by atoms with Crippen molar-refractivity contribution in [3.63, 3.8) is 0 Å². The summed E-state index contributed by atoms with van der Waals surface area (Å²) in [5, 5.41) is 3.95. The highest BCUT2D eigenvalue weighted by atomic mass is 16.5. The number of unbranched alkanes of at least 4 members (excludes halogenated alkanes) is 2. The molecule has 0 saturated heterocycles. The quantitative estimate of drug-likeness (QED) is 0.722. The van der Waals surface area contributed by atoms with Crippen LogP contribution in [0.2, 0.25) is 0 Å². The van der Waals surface area contributed by atoms with E-state index in [1.54, 1.807) is 0 Å². The Morgan fingerprint density at radius 1 is 1.39 bits per heavy atom. The normalized spacial score (nSPS) is 15.0. The largest absolute Gasteiger partial charge is 0.376 e. The van der Waals surface area contributed by atoms with Gasteiger partial charge in [-0.1, -0.05) is 24.9 Å². The third-order valence-electron chi connectivity index (χ3n) is 2.69. The summed E-state index contributed by atoms with van der Waals surface area (Å²) in [6.45, 7) is 8.36. The molecular weight excluding hydrogens is 230 g/mol. The lowest BCUT2D eigenvalue weighted by Crippen LogP contribution is -2.40. The molecule has 1 atom stereocenters. The van der Waals surface area contributed by atoms with Gasteiger partial charge in [0, 0.05) is 6.42 Å². The number of nitrogens with two attached hydrogens (primary N) is 1. The maximum atomic E-state index is 6.14. The summed E-state index contributed by atoms with van der Waals surface area (Å²) in [6, 6.07) is 0. The van der Waals surface area contributed by atoms with Crippen molar-refractivity contribution in [1.29, 1.82) is 0 Å². The highest BCUT2D eigenvalue weighted by molar-refractivity contribution is 5.01. The highest BCUT2D eigenvalue weighted by Crippen LogP contribution is 2.16. The third-order valence-corrected chi connectivity index (χ3v) is 2.69. The number of nitrogens with zero attached hydrogens (tertiary/aromatic N) is 2. The van der Waals surface area contributed by atoms with Crippen LogP contribution in [-0.4, -0.2) is 22.9 Å². The minimum Gasteiger partial charge on any atom is -0.376 e. The second kappa shape index (κ2) is 6.85. The van der Waals surface area contributed by atoms with Crippen molar-refractivity contribution in [2.24, 2.45) is 5.73 Å².